The van der Waals surface area contributed by atoms with Crippen molar-refractivity contribution in [2.45, 2.75) is 72.9 Å². The second kappa shape index (κ2) is 8.60. The highest BCUT2D eigenvalue weighted by Gasteiger charge is 2.38. The van der Waals surface area contributed by atoms with Crippen LogP contribution in [0.1, 0.15) is 72.0 Å². The zero-order valence-corrected chi connectivity index (χ0v) is 19.0. The van der Waals surface area contributed by atoms with Crippen LogP contribution in [0.2, 0.25) is 0 Å². The topological polar surface area (TPSA) is 34.6 Å². The lowest BCUT2D eigenvalue weighted by atomic mass is 9.91. The number of aryl methyl sites for hydroxylation is 1. The molecule has 4 aromatic rings. The van der Waals surface area contributed by atoms with Crippen molar-refractivity contribution in [1.29, 1.82) is 0 Å². The molecule has 4 heterocycles. The normalized spacial score (nSPS) is 12.4. The summed E-state index contributed by atoms with van der Waals surface area (Å²) in [5.74, 6) is 0.198. The molecule has 0 atom stereocenters. The smallest absolute Gasteiger partial charge is 0.304 e. The fourth-order valence-corrected chi connectivity index (χ4v) is 3.53. The summed E-state index contributed by atoms with van der Waals surface area (Å²) in [6.07, 6.45) is -0.985. The first kappa shape index (κ1) is 25.4. The minimum Gasteiger partial charge on any atom is -0.304 e. The average Bonchev–Trinajstić information content (AvgIpc) is 3.21. The van der Waals surface area contributed by atoms with E-state index in [4.69, 9.17) is 0 Å². The molecule has 4 aromatic heterocycles. The maximum atomic E-state index is 12.8. The van der Waals surface area contributed by atoms with Gasteiger partial charge >= 0.3 is 6.18 Å². The second-order valence-corrected chi connectivity index (χ2v) is 9.70. The Morgan fingerprint density at radius 3 is 1.59 bits per heavy atom. The Kier molecular flexibility index (Phi) is 6.84. The Balaban J connectivity index is 0.000000224. The Bertz CT molecular complexity index is 1150. The number of hydrogen-bond donors (Lipinski definition) is 0. The van der Waals surface area contributed by atoms with Gasteiger partial charge in [-0.3, -0.25) is 4.40 Å². The second-order valence-electron chi connectivity index (χ2n) is 9.70. The molecule has 0 amide bonds. The van der Waals surface area contributed by atoms with Crippen LogP contribution in [-0.4, -0.2) is 18.8 Å². The van der Waals surface area contributed by atoms with Crippen LogP contribution in [-0.2, 0) is 17.0 Å². The van der Waals surface area contributed by atoms with E-state index in [2.05, 4.69) is 53.5 Å². The number of pyridine rings is 2. The van der Waals surface area contributed by atoms with Gasteiger partial charge in [-0.05, 0) is 31.2 Å². The Morgan fingerprint density at radius 1 is 0.688 bits per heavy atom. The fraction of sp³-hybridized carbons (Fsp3) is 0.440. The van der Waals surface area contributed by atoms with Crippen molar-refractivity contribution in [3.05, 3.63) is 71.8 Å². The Labute approximate surface area is 188 Å². The molecule has 4 rings (SSSR count). The number of aromatic nitrogens is 4. The summed E-state index contributed by atoms with van der Waals surface area (Å²) < 4.78 is 41.7. The largest absolute Gasteiger partial charge is 0.450 e. The lowest BCUT2D eigenvalue weighted by Gasteiger charge is -2.15. The van der Waals surface area contributed by atoms with Crippen molar-refractivity contribution in [3.63, 3.8) is 0 Å². The van der Waals surface area contributed by atoms with Gasteiger partial charge in [0.2, 0.25) is 5.82 Å². The van der Waals surface area contributed by atoms with Crippen molar-refractivity contribution in [1.82, 2.24) is 18.8 Å². The van der Waals surface area contributed by atoms with Crippen LogP contribution in [0, 0.1) is 6.92 Å². The third-order valence-electron chi connectivity index (χ3n) is 4.95. The minimum atomic E-state index is -4.44. The number of hydrogen-bond acceptors (Lipinski definition) is 2. The van der Waals surface area contributed by atoms with Crippen LogP contribution in [0.15, 0.2) is 48.8 Å². The van der Waals surface area contributed by atoms with Crippen molar-refractivity contribution in [2.24, 2.45) is 0 Å². The van der Waals surface area contributed by atoms with Gasteiger partial charge in [-0.1, -0.05) is 61.1 Å². The van der Waals surface area contributed by atoms with Gasteiger partial charge in [-0.15, -0.1) is 0 Å². The van der Waals surface area contributed by atoms with Crippen LogP contribution in [0.4, 0.5) is 13.2 Å². The molecule has 0 aliphatic carbocycles. The lowest BCUT2D eigenvalue weighted by Crippen LogP contribution is -2.13. The van der Waals surface area contributed by atoms with Gasteiger partial charge in [0.05, 0.1) is 22.4 Å². The highest BCUT2D eigenvalue weighted by Crippen LogP contribution is 2.34. The number of alkyl halides is 3. The van der Waals surface area contributed by atoms with E-state index in [1.165, 1.54) is 17.4 Å². The first-order chi connectivity index (χ1) is 14.2. The van der Waals surface area contributed by atoms with E-state index in [1.54, 1.807) is 18.2 Å². The maximum Gasteiger partial charge on any atom is 0.450 e. The maximum absolute atomic E-state index is 12.8. The summed E-state index contributed by atoms with van der Waals surface area (Å²) in [4.78, 5) is 8.39. The molecule has 0 radical (unpaired) electrons. The quantitative estimate of drug-likeness (QED) is 0.286. The number of nitrogens with zero attached hydrogens (tertiary/aromatic N) is 4. The first-order valence-electron chi connectivity index (χ1n) is 10.2. The average molecular weight is 447 g/mol. The van der Waals surface area contributed by atoms with Gasteiger partial charge in [-0.2, -0.15) is 13.2 Å². The standard InChI is InChI=1S/C12H13F3N2.C12H16N2.CH4/c1-11(2,3)9-8-6-4-5-7-17(8)10(16-9)12(13,14)15;1-9-13-11(12(2,3)4)10-7-5-6-8-14(9)10;/h4-7H,1-3H3;5-8H,1-4H3;1H4. The highest BCUT2D eigenvalue weighted by atomic mass is 19.4. The van der Waals surface area contributed by atoms with Gasteiger partial charge < -0.3 is 4.40 Å². The van der Waals surface area contributed by atoms with Gasteiger partial charge in [-0.25, -0.2) is 9.97 Å². The molecule has 4 nitrogen and oxygen atoms in total. The third-order valence-corrected chi connectivity index (χ3v) is 4.95. The predicted molar refractivity (Wildman–Crippen MR) is 124 cm³/mol. The molecule has 0 bridgehead atoms. The monoisotopic (exact) mass is 446 g/mol. The summed E-state index contributed by atoms with van der Waals surface area (Å²) in [6.45, 7) is 14.2. The minimum absolute atomic E-state index is 0. The molecule has 0 unspecified atom stereocenters. The predicted octanol–water partition coefficient (Wildman–Crippen LogP) is 7.23. The molecule has 32 heavy (non-hydrogen) atoms. The first-order valence-corrected chi connectivity index (χ1v) is 10.2. The molecule has 0 aliphatic heterocycles. The number of imidazole rings is 2. The van der Waals surface area contributed by atoms with Gasteiger partial charge in [0, 0.05) is 23.2 Å². The van der Waals surface area contributed by atoms with Crippen LogP contribution in [0.3, 0.4) is 0 Å². The summed E-state index contributed by atoms with van der Waals surface area (Å²) in [5.41, 5.74) is 3.06. The van der Waals surface area contributed by atoms with Crippen LogP contribution < -0.4 is 0 Å². The van der Waals surface area contributed by atoms with E-state index < -0.39 is 17.4 Å². The van der Waals surface area contributed by atoms with E-state index in [1.807, 2.05) is 33.8 Å². The molecule has 0 N–H and O–H groups in total. The molecule has 0 aromatic carbocycles. The van der Waals surface area contributed by atoms with E-state index in [0.717, 1.165) is 10.2 Å². The zero-order valence-electron chi connectivity index (χ0n) is 19.0. The molecular weight excluding hydrogens is 413 g/mol. The molecule has 174 valence electrons. The molecule has 0 saturated heterocycles. The van der Waals surface area contributed by atoms with Crippen LogP contribution in [0.5, 0.6) is 0 Å². The third kappa shape index (κ3) is 4.97. The van der Waals surface area contributed by atoms with Gasteiger partial charge in [0.25, 0.3) is 0 Å². The van der Waals surface area contributed by atoms with Crippen molar-refractivity contribution < 1.29 is 13.2 Å². The number of rotatable bonds is 0. The van der Waals surface area contributed by atoms with Crippen molar-refractivity contribution >= 4 is 11.0 Å². The summed E-state index contributed by atoms with van der Waals surface area (Å²) >= 11 is 0. The van der Waals surface area contributed by atoms with E-state index in [-0.39, 0.29) is 12.8 Å². The van der Waals surface area contributed by atoms with Crippen LogP contribution in [0.25, 0.3) is 11.0 Å². The molecule has 0 fully saturated rings. The number of fused-ring (bicyclic) bond motifs is 2. The molecule has 7 heteroatoms. The summed E-state index contributed by atoms with van der Waals surface area (Å²) in [6, 6.07) is 11.2. The van der Waals surface area contributed by atoms with E-state index >= 15 is 0 Å². The van der Waals surface area contributed by atoms with Gasteiger partial charge in [0.1, 0.15) is 5.82 Å². The van der Waals surface area contributed by atoms with Crippen LogP contribution >= 0.6 is 0 Å². The van der Waals surface area contributed by atoms with Crippen molar-refractivity contribution in [3.8, 4) is 0 Å². The Hall–Kier alpha value is -2.83. The molecule has 0 saturated carbocycles. The van der Waals surface area contributed by atoms with E-state index in [9.17, 15) is 13.2 Å². The van der Waals surface area contributed by atoms with Crippen molar-refractivity contribution in [2.75, 3.05) is 0 Å². The lowest BCUT2D eigenvalue weighted by molar-refractivity contribution is -0.145. The molecule has 0 spiro atoms. The fourth-order valence-electron chi connectivity index (χ4n) is 3.53. The summed E-state index contributed by atoms with van der Waals surface area (Å²) in [5, 5.41) is 0. The molecular formula is C25H33F3N4. The van der Waals surface area contributed by atoms with E-state index in [0.29, 0.717) is 11.2 Å². The Morgan fingerprint density at radius 2 is 1.12 bits per heavy atom. The number of halogens is 3. The van der Waals surface area contributed by atoms with Gasteiger partial charge in [0.15, 0.2) is 0 Å². The summed E-state index contributed by atoms with van der Waals surface area (Å²) in [7, 11) is 0. The highest BCUT2D eigenvalue weighted by molar-refractivity contribution is 5.56. The zero-order chi connectivity index (χ0) is 23.2. The SMILES string of the molecule is C.CC(C)(C)c1nc(C(F)(F)F)n2ccccc12.Cc1nc(C(C)(C)C)c2ccccn12. The molecule has 0 aliphatic rings.